The van der Waals surface area contributed by atoms with Crippen LogP contribution in [-0.2, 0) is 9.59 Å². The molecule has 2 fully saturated rings. The van der Waals surface area contributed by atoms with Crippen LogP contribution in [0.2, 0.25) is 0 Å². The van der Waals surface area contributed by atoms with E-state index in [-0.39, 0.29) is 36.2 Å². The van der Waals surface area contributed by atoms with Crippen molar-refractivity contribution < 1.29 is 14.0 Å². The maximum Gasteiger partial charge on any atom is 0.322 e. The second kappa shape index (κ2) is 4.96. The summed E-state index contributed by atoms with van der Waals surface area (Å²) in [5.41, 5.74) is 0. The zero-order valence-electron chi connectivity index (χ0n) is 10.3. The summed E-state index contributed by atoms with van der Waals surface area (Å²) in [5.74, 6) is -0.254. The molecule has 8 nitrogen and oxygen atoms in total. The molecule has 2 amide bonds. The molecule has 0 bridgehead atoms. The van der Waals surface area contributed by atoms with E-state index in [9.17, 15) is 9.59 Å². The zero-order valence-corrected chi connectivity index (χ0v) is 10.3. The van der Waals surface area contributed by atoms with Gasteiger partial charge < -0.3 is 15.1 Å². The Balaban J connectivity index is 1.60. The Morgan fingerprint density at radius 2 is 2.32 bits per heavy atom. The number of carbonyl (C=O) groups is 2. The molecule has 3 heterocycles. The highest BCUT2D eigenvalue weighted by atomic mass is 16.4. The molecule has 0 spiro atoms. The zero-order chi connectivity index (χ0) is 13.2. The summed E-state index contributed by atoms with van der Waals surface area (Å²) in [5, 5.41) is 16.1. The van der Waals surface area contributed by atoms with Crippen molar-refractivity contribution >= 4 is 17.8 Å². The average Bonchev–Trinajstić information content (AvgIpc) is 3.07. The summed E-state index contributed by atoms with van der Waals surface area (Å²) in [6.07, 6.45) is 2.23. The molecule has 0 saturated carbocycles. The molecule has 2 saturated heterocycles. The first-order valence-electron chi connectivity index (χ1n) is 6.37. The fourth-order valence-electron chi connectivity index (χ4n) is 2.32. The maximum absolute atomic E-state index is 11.8. The lowest BCUT2D eigenvalue weighted by Gasteiger charge is -2.05. The van der Waals surface area contributed by atoms with Crippen LogP contribution in [-0.4, -0.2) is 35.1 Å². The minimum atomic E-state index is -0.368. The molecular weight excluding hydrogens is 250 g/mol. The van der Waals surface area contributed by atoms with Gasteiger partial charge in [0.15, 0.2) is 0 Å². The average molecular weight is 265 g/mol. The Morgan fingerprint density at radius 3 is 3.00 bits per heavy atom. The summed E-state index contributed by atoms with van der Waals surface area (Å²) < 4.78 is 5.40. The van der Waals surface area contributed by atoms with Gasteiger partial charge in [-0.25, -0.2) is 0 Å². The van der Waals surface area contributed by atoms with Crippen LogP contribution in [0.4, 0.5) is 6.01 Å². The molecule has 102 valence electrons. The molecule has 19 heavy (non-hydrogen) atoms. The molecule has 2 aliphatic rings. The van der Waals surface area contributed by atoms with E-state index in [0.717, 1.165) is 19.4 Å². The van der Waals surface area contributed by atoms with Crippen molar-refractivity contribution in [2.75, 3.05) is 18.4 Å². The van der Waals surface area contributed by atoms with Gasteiger partial charge in [-0.2, -0.15) is 0 Å². The molecular formula is C11H15N5O3. The van der Waals surface area contributed by atoms with E-state index in [0.29, 0.717) is 12.4 Å². The lowest BCUT2D eigenvalue weighted by Crippen LogP contribution is -2.24. The van der Waals surface area contributed by atoms with E-state index in [1.807, 2.05) is 0 Å². The van der Waals surface area contributed by atoms with Gasteiger partial charge in [0.05, 0.1) is 12.0 Å². The largest absolute Gasteiger partial charge is 0.406 e. The Morgan fingerprint density at radius 1 is 1.42 bits per heavy atom. The van der Waals surface area contributed by atoms with Gasteiger partial charge in [0.1, 0.15) is 0 Å². The Bertz CT molecular complexity index is 494. The standard InChI is InChI=1S/C11H15N5O3/c17-8-4-6(5-13-8)9(18)14-11-16-15-10(19-11)7-2-1-3-12-7/h6-7,12H,1-5H2,(H,13,17)(H,14,16,18). The fourth-order valence-corrected chi connectivity index (χ4v) is 2.32. The van der Waals surface area contributed by atoms with Crippen molar-refractivity contribution in [3.05, 3.63) is 5.89 Å². The van der Waals surface area contributed by atoms with E-state index in [1.165, 1.54) is 0 Å². The summed E-state index contributed by atoms with van der Waals surface area (Å²) in [4.78, 5) is 22.9. The van der Waals surface area contributed by atoms with Crippen LogP contribution in [0.3, 0.4) is 0 Å². The summed E-state index contributed by atoms with van der Waals surface area (Å²) in [7, 11) is 0. The molecule has 0 aromatic carbocycles. The molecule has 3 N–H and O–H groups in total. The van der Waals surface area contributed by atoms with Gasteiger partial charge in [0.25, 0.3) is 0 Å². The predicted molar refractivity (Wildman–Crippen MR) is 64.0 cm³/mol. The Labute approximate surface area is 109 Å². The van der Waals surface area contributed by atoms with E-state index in [4.69, 9.17) is 4.42 Å². The number of anilines is 1. The lowest BCUT2D eigenvalue weighted by molar-refractivity contribution is -0.123. The third kappa shape index (κ3) is 2.58. The first-order chi connectivity index (χ1) is 9.22. The van der Waals surface area contributed by atoms with E-state index in [2.05, 4.69) is 26.1 Å². The minimum Gasteiger partial charge on any atom is -0.406 e. The molecule has 2 atom stereocenters. The van der Waals surface area contributed by atoms with E-state index in [1.54, 1.807) is 0 Å². The normalized spacial score (nSPS) is 26.4. The number of nitrogens with zero attached hydrogens (tertiary/aromatic N) is 2. The third-order valence-corrected chi connectivity index (χ3v) is 3.38. The van der Waals surface area contributed by atoms with Gasteiger partial charge >= 0.3 is 6.01 Å². The second-order valence-electron chi connectivity index (χ2n) is 4.79. The first-order valence-corrected chi connectivity index (χ1v) is 6.37. The number of amides is 2. The van der Waals surface area contributed by atoms with Gasteiger partial charge in [-0.15, -0.1) is 5.10 Å². The minimum absolute atomic E-state index is 0.0767. The summed E-state index contributed by atoms with van der Waals surface area (Å²) >= 11 is 0. The monoisotopic (exact) mass is 265 g/mol. The number of hydrogen-bond acceptors (Lipinski definition) is 6. The molecule has 0 aliphatic carbocycles. The second-order valence-corrected chi connectivity index (χ2v) is 4.79. The van der Waals surface area contributed by atoms with Crippen LogP contribution in [0.1, 0.15) is 31.2 Å². The highest BCUT2D eigenvalue weighted by Gasteiger charge is 2.29. The Kier molecular flexibility index (Phi) is 3.16. The fraction of sp³-hybridized carbons (Fsp3) is 0.636. The highest BCUT2D eigenvalue weighted by molar-refractivity contribution is 5.95. The molecule has 2 unspecified atom stereocenters. The van der Waals surface area contributed by atoms with Crippen molar-refractivity contribution in [2.24, 2.45) is 5.92 Å². The number of hydrogen-bond donors (Lipinski definition) is 3. The number of rotatable bonds is 3. The topological polar surface area (TPSA) is 109 Å². The van der Waals surface area contributed by atoms with E-state index < -0.39 is 0 Å². The molecule has 0 radical (unpaired) electrons. The highest BCUT2D eigenvalue weighted by Crippen LogP contribution is 2.23. The van der Waals surface area contributed by atoms with Crippen molar-refractivity contribution in [3.8, 4) is 0 Å². The first kappa shape index (κ1) is 12.1. The van der Waals surface area contributed by atoms with Crippen LogP contribution in [0, 0.1) is 5.92 Å². The van der Waals surface area contributed by atoms with Crippen LogP contribution in [0.5, 0.6) is 0 Å². The molecule has 1 aromatic rings. The van der Waals surface area contributed by atoms with Crippen LogP contribution < -0.4 is 16.0 Å². The number of nitrogens with one attached hydrogen (secondary N) is 3. The number of carbonyl (C=O) groups excluding carboxylic acids is 2. The summed E-state index contributed by atoms with van der Waals surface area (Å²) in [6, 6.07) is 0.168. The molecule has 3 rings (SSSR count). The third-order valence-electron chi connectivity index (χ3n) is 3.38. The lowest BCUT2D eigenvalue weighted by atomic mass is 10.1. The van der Waals surface area contributed by atoms with E-state index >= 15 is 0 Å². The van der Waals surface area contributed by atoms with Crippen LogP contribution >= 0.6 is 0 Å². The van der Waals surface area contributed by atoms with Gasteiger partial charge in [0.2, 0.25) is 17.7 Å². The van der Waals surface area contributed by atoms with Gasteiger partial charge in [-0.1, -0.05) is 5.10 Å². The summed E-state index contributed by atoms with van der Waals surface area (Å²) in [6.45, 7) is 1.29. The molecule has 2 aliphatic heterocycles. The number of aromatic nitrogens is 2. The smallest absolute Gasteiger partial charge is 0.322 e. The van der Waals surface area contributed by atoms with Crippen molar-refractivity contribution in [1.29, 1.82) is 0 Å². The molecule has 1 aromatic heterocycles. The predicted octanol–water partition coefficient (Wildman–Crippen LogP) is -0.431. The SMILES string of the molecule is O=C1CC(C(=O)Nc2nnc(C3CCCN3)o2)CN1. The Hall–Kier alpha value is -1.96. The van der Waals surface area contributed by atoms with Gasteiger partial charge in [0, 0.05) is 13.0 Å². The molecule has 8 heteroatoms. The van der Waals surface area contributed by atoms with Crippen LogP contribution in [0.15, 0.2) is 4.42 Å². The maximum atomic E-state index is 11.8. The van der Waals surface area contributed by atoms with Gasteiger partial charge in [-0.3, -0.25) is 14.9 Å². The van der Waals surface area contributed by atoms with Crippen molar-refractivity contribution in [2.45, 2.75) is 25.3 Å². The van der Waals surface area contributed by atoms with Crippen LogP contribution in [0.25, 0.3) is 0 Å². The van der Waals surface area contributed by atoms with Crippen molar-refractivity contribution in [3.63, 3.8) is 0 Å². The quantitative estimate of drug-likeness (QED) is 0.684. The van der Waals surface area contributed by atoms with Gasteiger partial charge in [-0.05, 0) is 19.4 Å². The van der Waals surface area contributed by atoms with Crippen molar-refractivity contribution in [1.82, 2.24) is 20.8 Å².